The van der Waals surface area contributed by atoms with Crippen molar-refractivity contribution in [1.29, 1.82) is 0 Å². The average molecular weight is 646 g/mol. The molecule has 3 heterocycles. The molecule has 0 saturated heterocycles. The number of hydrogen-bond acceptors (Lipinski definition) is 9. The zero-order chi connectivity index (χ0) is 31.7. The summed E-state index contributed by atoms with van der Waals surface area (Å²) in [5.74, 6) is 3.00. The number of ether oxygens (including phenoxy) is 1. The van der Waals surface area contributed by atoms with Gasteiger partial charge in [-0.3, -0.25) is 9.71 Å². The highest BCUT2D eigenvalue weighted by molar-refractivity contribution is 7.92. The molecule has 5 atom stereocenters. The molecule has 2 bridgehead atoms. The maximum absolute atomic E-state index is 13.2. The van der Waals surface area contributed by atoms with Crippen LogP contribution < -0.4 is 20.5 Å². The quantitative estimate of drug-likeness (QED) is 0.210. The van der Waals surface area contributed by atoms with E-state index in [2.05, 4.69) is 25.4 Å². The van der Waals surface area contributed by atoms with Gasteiger partial charge in [-0.15, -0.1) is 0 Å². The summed E-state index contributed by atoms with van der Waals surface area (Å²) in [6.45, 7) is 1.49. The highest BCUT2D eigenvalue weighted by Crippen LogP contribution is 2.49. The monoisotopic (exact) mass is 645 g/mol. The maximum Gasteiger partial charge on any atom is 0.368 e. The number of sulfonamides is 1. The lowest BCUT2D eigenvalue weighted by molar-refractivity contribution is 0.146. The molecule has 2 fully saturated rings. The third-order valence-corrected chi connectivity index (χ3v) is 11.1. The Kier molecular flexibility index (Phi) is 8.62. The molecule has 3 aliphatic rings. The molecule has 3 N–H and O–H groups in total. The van der Waals surface area contributed by atoms with Crippen molar-refractivity contribution < 1.29 is 18.3 Å². The highest BCUT2D eigenvalue weighted by atomic mass is 32.2. The number of hydrogen-bond donors (Lipinski definition) is 3. The number of nitrogens with zero attached hydrogens (tertiary/aromatic N) is 5. The molecule has 13 heteroatoms. The summed E-state index contributed by atoms with van der Waals surface area (Å²) in [5.41, 5.74) is 2.16. The first-order chi connectivity index (χ1) is 22.3. The molecule has 242 valence electrons. The van der Waals surface area contributed by atoms with Gasteiger partial charge in [0, 0.05) is 43.3 Å². The van der Waals surface area contributed by atoms with Crippen LogP contribution in [-0.2, 0) is 23.0 Å². The normalized spacial score (nSPS) is 22.7. The van der Waals surface area contributed by atoms with Gasteiger partial charge >= 0.3 is 5.69 Å². The van der Waals surface area contributed by atoms with Crippen LogP contribution in [0.1, 0.15) is 55.8 Å². The fourth-order valence-electron chi connectivity index (χ4n) is 7.28. The smallest absolute Gasteiger partial charge is 0.368 e. The number of nitrogens with one attached hydrogen (secondary N) is 2. The summed E-state index contributed by atoms with van der Waals surface area (Å²) in [5, 5.41) is 21.7. The largest absolute Gasteiger partial charge is 0.489 e. The molecular formula is C33H39N7O5S. The van der Waals surface area contributed by atoms with Gasteiger partial charge in [-0.25, -0.2) is 13.2 Å². The van der Waals surface area contributed by atoms with Crippen LogP contribution in [0.15, 0.2) is 76.7 Å². The number of aliphatic hydroxyl groups is 1. The third-order valence-electron chi connectivity index (χ3n) is 9.75. The maximum atomic E-state index is 13.2. The molecule has 7 rings (SSSR count). The summed E-state index contributed by atoms with van der Waals surface area (Å²) in [6.07, 6.45) is 10.2. The van der Waals surface area contributed by atoms with Crippen LogP contribution in [0, 0.1) is 17.8 Å². The molecule has 1 aliphatic heterocycles. The first-order valence-electron chi connectivity index (χ1n) is 16.1. The van der Waals surface area contributed by atoms with Crippen molar-refractivity contribution in [2.45, 2.75) is 68.6 Å². The lowest BCUT2D eigenvalue weighted by Gasteiger charge is -2.27. The summed E-state index contributed by atoms with van der Waals surface area (Å²) in [6, 6.07) is 15.0. The standard InChI is InChI=1S/C33H39N7O5S/c41-31(26-2-1-14-34-19-26)21-35-20-29-10-5-25-18-30(11-12-32(25)45-29)46(43,44)36-27-6-8-28(9-7-27)40-33(42)39(37-38-40)15-13-24-17-22-3-4-23(24)16-22/h1-2,6-9,11-12,14,18-19,22-24,29,31,35-36,41H,3-5,10,13,15-17,20-21H2/t22?,23?,24?,29-,31+/m1/s1. The Balaban J connectivity index is 0.929. The number of aryl methyl sites for hydroxylation is 2. The molecule has 12 nitrogen and oxygen atoms in total. The second kappa shape index (κ2) is 13.0. The lowest BCUT2D eigenvalue weighted by Crippen LogP contribution is -2.36. The number of anilines is 1. The number of aromatic nitrogens is 5. The van der Waals surface area contributed by atoms with Gasteiger partial charge in [0.2, 0.25) is 0 Å². The fraction of sp³-hybridized carbons (Fsp3) is 0.455. The molecule has 3 unspecified atom stereocenters. The fourth-order valence-corrected chi connectivity index (χ4v) is 8.39. The summed E-state index contributed by atoms with van der Waals surface area (Å²) in [4.78, 5) is 17.1. The molecule has 0 radical (unpaired) electrons. The minimum atomic E-state index is -3.86. The Morgan fingerprint density at radius 1 is 1.04 bits per heavy atom. The number of benzene rings is 2. The van der Waals surface area contributed by atoms with Gasteiger partial charge in [-0.1, -0.05) is 12.5 Å². The highest BCUT2D eigenvalue weighted by Gasteiger charge is 2.39. The van der Waals surface area contributed by atoms with Gasteiger partial charge in [0.15, 0.2) is 0 Å². The van der Waals surface area contributed by atoms with Crippen LogP contribution in [0.5, 0.6) is 5.75 Å². The second-order valence-corrected chi connectivity index (χ2v) is 14.5. The van der Waals surface area contributed by atoms with Gasteiger partial charge in [0.25, 0.3) is 10.0 Å². The Hall–Kier alpha value is -4.07. The molecule has 0 amide bonds. The second-order valence-electron chi connectivity index (χ2n) is 12.8. The number of tetrazole rings is 1. The molecule has 2 aromatic heterocycles. The van der Waals surface area contributed by atoms with E-state index in [1.807, 2.05) is 6.07 Å². The predicted molar refractivity (Wildman–Crippen MR) is 171 cm³/mol. The van der Waals surface area contributed by atoms with Crippen LogP contribution in [0.4, 0.5) is 5.69 Å². The summed E-state index contributed by atoms with van der Waals surface area (Å²) < 4.78 is 37.9. The Labute approximate surface area is 267 Å². The lowest BCUT2D eigenvalue weighted by atomic mass is 9.86. The topological polar surface area (TPSA) is 153 Å². The van der Waals surface area contributed by atoms with Gasteiger partial charge in [-0.05, 0) is 121 Å². The SMILES string of the molecule is O=c1n(CCC2CC3CCC2C3)nnn1-c1ccc(NS(=O)(=O)c2ccc3c(c2)CC[C@H](CNC[C@H](O)c2cccnc2)O3)cc1. The summed E-state index contributed by atoms with van der Waals surface area (Å²) >= 11 is 0. The predicted octanol–water partition coefficient (Wildman–Crippen LogP) is 3.47. The van der Waals surface area contributed by atoms with Crippen molar-refractivity contribution in [2.75, 3.05) is 17.8 Å². The molecule has 4 aromatic rings. The Bertz CT molecular complexity index is 1830. The Morgan fingerprint density at radius 2 is 1.91 bits per heavy atom. The molecule has 2 aliphatic carbocycles. The van der Waals surface area contributed by atoms with E-state index in [0.717, 1.165) is 29.4 Å². The van der Waals surface area contributed by atoms with E-state index >= 15 is 0 Å². The molecule has 46 heavy (non-hydrogen) atoms. The van der Waals surface area contributed by atoms with E-state index in [0.29, 0.717) is 55.5 Å². The molecule has 2 aromatic carbocycles. The van der Waals surface area contributed by atoms with Crippen molar-refractivity contribution in [2.24, 2.45) is 17.8 Å². The number of aliphatic hydroxyl groups excluding tert-OH is 1. The van der Waals surface area contributed by atoms with Crippen molar-refractivity contribution in [3.8, 4) is 11.4 Å². The third kappa shape index (κ3) is 6.58. The first kappa shape index (κ1) is 30.6. The van der Waals surface area contributed by atoms with Gasteiger partial charge in [0.05, 0.1) is 16.7 Å². The minimum absolute atomic E-state index is 0.0933. The van der Waals surface area contributed by atoms with Gasteiger partial charge in [0.1, 0.15) is 11.9 Å². The van der Waals surface area contributed by atoms with Crippen molar-refractivity contribution in [3.05, 3.63) is 88.6 Å². The van der Waals surface area contributed by atoms with Crippen LogP contribution in [-0.4, -0.2) is 57.5 Å². The Morgan fingerprint density at radius 3 is 2.67 bits per heavy atom. The van der Waals surface area contributed by atoms with Gasteiger partial charge < -0.3 is 15.2 Å². The van der Waals surface area contributed by atoms with E-state index in [1.165, 1.54) is 41.1 Å². The van der Waals surface area contributed by atoms with Gasteiger partial charge in [-0.2, -0.15) is 9.36 Å². The van der Waals surface area contributed by atoms with E-state index in [1.54, 1.807) is 54.9 Å². The van der Waals surface area contributed by atoms with Crippen LogP contribution in [0.3, 0.4) is 0 Å². The molecule has 2 saturated carbocycles. The zero-order valence-corrected chi connectivity index (χ0v) is 26.3. The molecule has 0 spiro atoms. The number of fused-ring (bicyclic) bond motifs is 3. The molecular weight excluding hydrogens is 606 g/mol. The van der Waals surface area contributed by atoms with E-state index in [9.17, 15) is 18.3 Å². The van der Waals surface area contributed by atoms with Crippen LogP contribution >= 0.6 is 0 Å². The van der Waals surface area contributed by atoms with E-state index in [-0.39, 0.29) is 16.7 Å². The number of rotatable bonds is 12. The number of pyridine rings is 1. The van der Waals surface area contributed by atoms with Crippen LogP contribution in [0.25, 0.3) is 5.69 Å². The van der Waals surface area contributed by atoms with E-state index in [4.69, 9.17) is 4.74 Å². The zero-order valence-electron chi connectivity index (χ0n) is 25.5. The summed E-state index contributed by atoms with van der Waals surface area (Å²) in [7, 11) is -3.86. The first-order valence-corrected chi connectivity index (χ1v) is 17.5. The minimum Gasteiger partial charge on any atom is -0.489 e. The van der Waals surface area contributed by atoms with Crippen LogP contribution in [0.2, 0.25) is 0 Å². The van der Waals surface area contributed by atoms with E-state index < -0.39 is 16.1 Å². The van der Waals surface area contributed by atoms with Crippen molar-refractivity contribution in [3.63, 3.8) is 0 Å². The van der Waals surface area contributed by atoms with Crippen molar-refractivity contribution in [1.82, 2.24) is 30.1 Å². The average Bonchev–Trinajstić information content (AvgIpc) is 3.80. The van der Waals surface area contributed by atoms with Crippen molar-refractivity contribution >= 4 is 15.7 Å².